The third kappa shape index (κ3) is 2.95. The second-order valence-corrected chi connectivity index (χ2v) is 3.13. The van der Waals surface area contributed by atoms with Crippen LogP contribution in [0.3, 0.4) is 0 Å². The van der Waals surface area contributed by atoms with E-state index in [1.54, 1.807) is 0 Å². The number of carbonyl (C=O) groups excluding carboxylic acids is 1. The van der Waals surface area contributed by atoms with E-state index in [0.29, 0.717) is 6.42 Å². The number of alkyl halides is 1. The lowest BCUT2D eigenvalue weighted by atomic mass is 10.1. The molecule has 4 heteroatoms. The molecular weight excluding hydrogens is 188 g/mol. The van der Waals surface area contributed by atoms with Crippen molar-refractivity contribution in [1.82, 2.24) is 0 Å². The van der Waals surface area contributed by atoms with Gasteiger partial charge < -0.3 is 0 Å². The highest BCUT2D eigenvalue weighted by atomic mass is 35.5. The molecule has 1 amide bonds. The van der Waals surface area contributed by atoms with Crippen LogP contribution in [0.4, 0.5) is 0 Å². The maximum Gasteiger partial charge on any atom is 0.282 e. The van der Waals surface area contributed by atoms with Gasteiger partial charge in [0.2, 0.25) is 0 Å². The zero-order chi connectivity index (χ0) is 9.68. The Morgan fingerprint density at radius 2 is 2.08 bits per heavy atom. The van der Waals surface area contributed by atoms with Crippen molar-refractivity contribution in [3.8, 4) is 0 Å². The summed E-state index contributed by atoms with van der Waals surface area (Å²) in [4.78, 5) is 10.8. The summed E-state index contributed by atoms with van der Waals surface area (Å²) in [5.74, 6) is -0.592. The van der Waals surface area contributed by atoms with E-state index in [1.807, 2.05) is 30.3 Å². The minimum absolute atomic E-state index is 0.420. The van der Waals surface area contributed by atoms with Crippen molar-refractivity contribution < 1.29 is 4.79 Å². The highest BCUT2D eigenvalue weighted by Crippen LogP contribution is 2.09. The first-order valence-electron chi connectivity index (χ1n) is 3.83. The molecule has 0 radical (unpaired) electrons. The molecule has 0 fully saturated rings. The third-order valence-corrected chi connectivity index (χ3v) is 1.98. The number of nitrogens with zero attached hydrogens (tertiary/aromatic N) is 1. The fourth-order valence-corrected chi connectivity index (χ4v) is 1.21. The van der Waals surface area contributed by atoms with Crippen molar-refractivity contribution >= 4 is 17.5 Å². The molecule has 0 aromatic heterocycles. The van der Waals surface area contributed by atoms with Gasteiger partial charge in [0.05, 0.1) is 0 Å². The summed E-state index contributed by atoms with van der Waals surface area (Å²) in [7, 11) is 0. The minimum atomic E-state index is -0.722. The first kappa shape index (κ1) is 9.86. The second kappa shape index (κ2) is 4.72. The maximum atomic E-state index is 10.8. The molecule has 0 bridgehead atoms. The van der Waals surface area contributed by atoms with Crippen molar-refractivity contribution in [2.75, 3.05) is 0 Å². The van der Waals surface area contributed by atoms with Crippen LogP contribution in [0.15, 0.2) is 35.4 Å². The zero-order valence-corrected chi connectivity index (χ0v) is 7.66. The third-order valence-electron chi connectivity index (χ3n) is 1.64. The number of benzene rings is 1. The first-order chi connectivity index (χ1) is 6.24. The summed E-state index contributed by atoms with van der Waals surface area (Å²) < 4.78 is 0. The van der Waals surface area contributed by atoms with Crippen LogP contribution in [0.1, 0.15) is 5.56 Å². The fraction of sp³-hybridized carbons (Fsp3) is 0.222. The molecule has 1 aromatic carbocycles. The van der Waals surface area contributed by atoms with Crippen LogP contribution in [0.5, 0.6) is 0 Å². The minimum Gasteiger partial charge on any atom is -0.269 e. The lowest BCUT2D eigenvalue weighted by Crippen LogP contribution is -2.13. The SMILES string of the molecule is N=NC(=O)C(Cl)Cc1ccccc1. The zero-order valence-electron chi connectivity index (χ0n) is 6.90. The molecule has 0 spiro atoms. The number of nitrogens with one attached hydrogen (secondary N) is 1. The van der Waals surface area contributed by atoms with E-state index in [2.05, 4.69) is 5.11 Å². The molecular formula is C9H9ClN2O. The van der Waals surface area contributed by atoms with Crippen LogP contribution in [-0.4, -0.2) is 11.3 Å². The van der Waals surface area contributed by atoms with Crippen LogP contribution in [0.25, 0.3) is 0 Å². The van der Waals surface area contributed by atoms with Gasteiger partial charge in [-0.1, -0.05) is 30.3 Å². The molecule has 0 aliphatic rings. The van der Waals surface area contributed by atoms with E-state index in [-0.39, 0.29) is 0 Å². The Balaban J connectivity index is 2.60. The van der Waals surface area contributed by atoms with E-state index < -0.39 is 11.3 Å². The summed E-state index contributed by atoms with van der Waals surface area (Å²) >= 11 is 5.70. The van der Waals surface area contributed by atoms with E-state index >= 15 is 0 Å². The highest BCUT2D eigenvalue weighted by Gasteiger charge is 2.14. The number of halogens is 1. The Morgan fingerprint density at radius 3 is 2.62 bits per heavy atom. The number of carbonyl (C=O) groups is 1. The molecule has 1 unspecified atom stereocenters. The van der Waals surface area contributed by atoms with Crippen molar-refractivity contribution in [1.29, 1.82) is 5.53 Å². The van der Waals surface area contributed by atoms with Crippen LogP contribution < -0.4 is 0 Å². The van der Waals surface area contributed by atoms with Gasteiger partial charge in [-0.15, -0.1) is 16.7 Å². The highest BCUT2D eigenvalue weighted by molar-refractivity contribution is 6.30. The van der Waals surface area contributed by atoms with Gasteiger partial charge >= 0.3 is 0 Å². The van der Waals surface area contributed by atoms with Crippen molar-refractivity contribution in [2.24, 2.45) is 5.11 Å². The van der Waals surface area contributed by atoms with Crippen LogP contribution >= 0.6 is 11.6 Å². The maximum absolute atomic E-state index is 10.8. The Bertz CT molecular complexity index is 300. The van der Waals surface area contributed by atoms with Crippen molar-refractivity contribution in [2.45, 2.75) is 11.8 Å². The van der Waals surface area contributed by atoms with Crippen molar-refractivity contribution in [3.63, 3.8) is 0 Å². The van der Waals surface area contributed by atoms with Gasteiger partial charge in [-0.3, -0.25) is 4.79 Å². The summed E-state index contributed by atoms with van der Waals surface area (Å²) in [5, 5.41) is 2.04. The van der Waals surface area contributed by atoms with Gasteiger partial charge in [0, 0.05) is 0 Å². The van der Waals surface area contributed by atoms with E-state index in [1.165, 1.54) is 0 Å². The Hall–Kier alpha value is -1.22. The predicted octanol–water partition coefficient (Wildman–Crippen LogP) is 2.39. The van der Waals surface area contributed by atoms with Crippen LogP contribution in [0, 0.1) is 5.53 Å². The predicted molar refractivity (Wildman–Crippen MR) is 49.9 cm³/mol. The standard InChI is InChI=1S/C9H9ClN2O/c10-8(9(13)12-11)6-7-4-2-1-3-5-7/h1-5,8,11H,6H2. The Kier molecular flexibility index (Phi) is 3.58. The number of rotatable bonds is 3. The van der Waals surface area contributed by atoms with Gasteiger partial charge in [0.25, 0.3) is 5.91 Å². The summed E-state index contributed by atoms with van der Waals surface area (Å²) in [6.07, 6.45) is 0.420. The topological polar surface area (TPSA) is 53.3 Å². The molecule has 3 nitrogen and oxygen atoms in total. The van der Waals surface area contributed by atoms with Gasteiger partial charge in [0.15, 0.2) is 0 Å². The average Bonchev–Trinajstić information content (AvgIpc) is 2.18. The Morgan fingerprint density at radius 1 is 1.46 bits per heavy atom. The molecule has 0 saturated heterocycles. The monoisotopic (exact) mass is 196 g/mol. The molecule has 0 saturated carbocycles. The molecule has 1 N–H and O–H groups in total. The number of hydrogen-bond acceptors (Lipinski definition) is 2. The second-order valence-electron chi connectivity index (χ2n) is 2.61. The molecule has 1 atom stereocenters. The first-order valence-corrected chi connectivity index (χ1v) is 4.27. The molecule has 13 heavy (non-hydrogen) atoms. The largest absolute Gasteiger partial charge is 0.282 e. The van der Waals surface area contributed by atoms with Gasteiger partial charge in [-0.05, 0) is 12.0 Å². The summed E-state index contributed by atoms with van der Waals surface area (Å²) in [5.41, 5.74) is 7.47. The van der Waals surface area contributed by atoms with E-state index in [4.69, 9.17) is 17.1 Å². The molecule has 0 heterocycles. The Labute approximate surface area is 81.2 Å². The smallest absolute Gasteiger partial charge is 0.269 e. The fourth-order valence-electron chi connectivity index (χ4n) is 0.978. The van der Waals surface area contributed by atoms with Gasteiger partial charge in [0.1, 0.15) is 5.38 Å². The molecule has 1 rings (SSSR count). The summed E-state index contributed by atoms with van der Waals surface area (Å²) in [6.45, 7) is 0. The quantitative estimate of drug-likeness (QED) is 0.586. The normalized spacial score (nSPS) is 12.1. The van der Waals surface area contributed by atoms with E-state index in [9.17, 15) is 4.79 Å². The molecule has 0 aliphatic carbocycles. The number of hydrogen-bond donors (Lipinski definition) is 1. The van der Waals surface area contributed by atoms with Gasteiger partial charge in [-0.2, -0.15) is 0 Å². The summed E-state index contributed by atoms with van der Waals surface area (Å²) in [6, 6.07) is 9.41. The lowest BCUT2D eigenvalue weighted by molar-refractivity contribution is -0.118. The molecule has 68 valence electrons. The van der Waals surface area contributed by atoms with Crippen molar-refractivity contribution in [3.05, 3.63) is 35.9 Å². The van der Waals surface area contributed by atoms with E-state index in [0.717, 1.165) is 5.56 Å². The molecule has 0 aliphatic heterocycles. The molecule has 1 aromatic rings. The lowest BCUT2D eigenvalue weighted by Gasteiger charge is -2.03. The van der Waals surface area contributed by atoms with Crippen LogP contribution in [0.2, 0.25) is 0 Å². The number of amides is 1. The average molecular weight is 197 g/mol. The van der Waals surface area contributed by atoms with Gasteiger partial charge in [-0.25, -0.2) is 5.53 Å². The van der Waals surface area contributed by atoms with Crippen LogP contribution in [-0.2, 0) is 11.2 Å².